The van der Waals surface area contributed by atoms with E-state index in [1.54, 1.807) is 47.4 Å². The molecule has 2 aromatic rings. The molecule has 25 heavy (non-hydrogen) atoms. The lowest BCUT2D eigenvalue weighted by molar-refractivity contribution is -0.128. The monoisotopic (exact) mass is 378 g/mol. The number of carbonyl (C=O) groups is 1. The largest absolute Gasteiger partial charge is 0.341 e. The van der Waals surface area contributed by atoms with Crippen LogP contribution in [0.4, 0.5) is 5.69 Å². The molecule has 2 aromatic carbocycles. The van der Waals surface area contributed by atoms with Crippen LogP contribution in [0.25, 0.3) is 0 Å². The van der Waals surface area contributed by atoms with Gasteiger partial charge in [-0.15, -0.1) is 0 Å². The standard InChI is InChI=1S/C18H19ClN2O3S/c19-15-8-10-16(11-9-15)21(14-18(22)20-12-4-5-13-20)25(23,24)17-6-2-1-3-7-17/h1-3,6-11H,4-5,12-14H2. The van der Waals surface area contributed by atoms with Crippen LogP contribution in [0.1, 0.15) is 12.8 Å². The Morgan fingerprint density at radius 2 is 1.60 bits per heavy atom. The van der Waals surface area contributed by atoms with Crippen LogP contribution < -0.4 is 4.31 Å². The average Bonchev–Trinajstić information content (AvgIpc) is 3.16. The molecule has 1 amide bonds. The smallest absolute Gasteiger partial charge is 0.264 e. The minimum absolute atomic E-state index is 0.152. The number of hydrogen-bond acceptors (Lipinski definition) is 3. The van der Waals surface area contributed by atoms with Crippen molar-refractivity contribution in [3.05, 3.63) is 59.6 Å². The second kappa shape index (κ2) is 7.45. The molecule has 132 valence electrons. The highest BCUT2D eigenvalue weighted by atomic mass is 35.5. The first-order valence-electron chi connectivity index (χ1n) is 8.09. The van der Waals surface area contributed by atoms with Crippen molar-refractivity contribution in [1.29, 1.82) is 0 Å². The predicted molar refractivity (Wildman–Crippen MR) is 98.2 cm³/mol. The first-order chi connectivity index (χ1) is 12.0. The van der Waals surface area contributed by atoms with E-state index in [2.05, 4.69) is 0 Å². The summed E-state index contributed by atoms with van der Waals surface area (Å²) in [5.74, 6) is -0.188. The molecule has 7 heteroatoms. The van der Waals surface area contributed by atoms with Gasteiger partial charge in [-0.3, -0.25) is 9.10 Å². The molecule has 1 aliphatic heterocycles. The lowest BCUT2D eigenvalue weighted by atomic mass is 10.3. The number of nitrogens with zero attached hydrogens (tertiary/aromatic N) is 2. The summed E-state index contributed by atoms with van der Waals surface area (Å²) in [5, 5.41) is 0.506. The first kappa shape index (κ1) is 17.8. The zero-order valence-corrected chi connectivity index (χ0v) is 15.2. The van der Waals surface area contributed by atoms with Crippen LogP contribution in [0.5, 0.6) is 0 Å². The Bertz CT molecular complexity index is 832. The summed E-state index contributed by atoms with van der Waals surface area (Å²) in [6.07, 6.45) is 1.91. The van der Waals surface area contributed by atoms with E-state index in [9.17, 15) is 13.2 Å². The first-order valence-corrected chi connectivity index (χ1v) is 9.91. The van der Waals surface area contributed by atoms with Crippen molar-refractivity contribution in [1.82, 2.24) is 4.90 Å². The second-order valence-electron chi connectivity index (χ2n) is 5.89. The van der Waals surface area contributed by atoms with Crippen LogP contribution in [0.3, 0.4) is 0 Å². The molecule has 1 saturated heterocycles. The van der Waals surface area contributed by atoms with Crippen LogP contribution in [0.2, 0.25) is 5.02 Å². The van der Waals surface area contributed by atoms with E-state index in [0.29, 0.717) is 23.8 Å². The Morgan fingerprint density at radius 3 is 2.20 bits per heavy atom. The van der Waals surface area contributed by atoms with Crippen LogP contribution in [-0.4, -0.2) is 38.9 Å². The summed E-state index contributed by atoms with van der Waals surface area (Å²) in [5.41, 5.74) is 0.417. The maximum atomic E-state index is 13.1. The van der Waals surface area contributed by atoms with Gasteiger partial charge in [-0.2, -0.15) is 0 Å². The maximum Gasteiger partial charge on any atom is 0.264 e. The Hall–Kier alpha value is -2.05. The van der Waals surface area contributed by atoms with Crippen molar-refractivity contribution in [2.24, 2.45) is 0 Å². The number of halogens is 1. The number of likely N-dealkylation sites (tertiary alicyclic amines) is 1. The summed E-state index contributed by atoms with van der Waals surface area (Å²) in [4.78, 5) is 14.4. The van der Waals surface area contributed by atoms with Crippen molar-refractivity contribution in [2.45, 2.75) is 17.7 Å². The van der Waals surface area contributed by atoms with Crippen LogP contribution in [0.15, 0.2) is 59.5 Å². The fourth-order valence-corrected chi connectivity index (χ4v) is 4.39. The van der Waals surface area contributed by atoms with Gasteiger partial charge < -0.3 is 4.90 Å². The van der Waals surface area contributed by atoms with Gasteiger partial charge in [-0.25, -0.2) is 8.42 Å². The number of carbonyl (C=O) groups excluding carboxylic acids is 1. The molecule has 0 atom stereocenters. The molecule has 0 unspecified atom stereocenters. The molecule has 3 rings (SSSR count). The number of hydrogen-bond donors (Lipinski definition) is 0. The van der Waals surface area contributed by atoms with Gasteiger partial charge in [-0.1, -0.05) is 29.8 Å². The van der Waals surface area contributed by atoms with Crippen molar-refractivity contribution >= 4 is 33.2 Å². The minimum atomic E-state index is -3.85. The van der Waals surface area contributed by atoms with E-state index in [1.807, 2.05) is 0 Å². The fraction of sp³-hybridized carbons (Fsp3) is 0.278. The zero-order valence-electron chi connectivity index (χ0n) is 13.6. The number of rotatable bonds is 5. The third kappa shape index (κ3) is 3.96. The molecule has 0 aliphatic carbocycles. The molecule has 0 bridgehead atoms. The van der Waals surface area contributed by atoms with Gasteiger partial charge in [0.25, 0.3) is 10.0 Å². The molecule has 1 heterocycles. The Balaban J connectivity index is 1.96. The predicted octanol–water partition coefficient (Wildman–Crippen LogP) is 3.16. The Morgan fingerprint density at radius 1 is 1.00 bits per heavy atom. The number of amides is 1. The minimum Gasteiger partial charge on any atom is -0.341 e. The Kier molecular flexibility index (Phi) is 5.30. The van der Waals surface area contributed by atoms with Gasteiger partial charge in [0.1, 0.15) is 6.54 Å². The van der Waals surface area contributed by atoms with Crippen molar-refractivity contribution in [3.8, 4) is 0 Å². The normalized spacial score (nSPS) is 14.5. The van der Waals surface area contributed by atoms with Gasteiger partial charge >= 0.3 is 0 Å². The molecule has 0 N–H and O–H groups in total. The molecule has 1 fully saturated rings. The van der Waals surface area contributed by atoms with Gasteiger partial charge in [0.05, 0.1) is 10.6 Å². The van der Waals surface area contributed by atoms with E-state index in [-0.39, 0.29) is 17.3 Å². The molecule has 0 spiro atoms. The highest BCUT2D eigenvalue weighted by molar-refractivity contribution is 7.92. The van der Waals surface area contributed by atoms with Gasteiger partial charge in [0.15, 0.2) is 0 Å². The maximum absolute atomic E-state index is 13.1. The summed E-state index contributed by atoms with van der Waals surface area (Å²) in [6.45, 7) is 1.14. The number of anilines is 1. The summed E-state index contributed by atoms with van der Waals surface area (Å²) in [7, 11) is -3.85. The quantitative estimate of drug-likeness (QED) is 0.803. The van der Waals surface area contributed by atoms with Crippen LogP contribution in [-0.2, 0) is 14.8 Å². The van der Waals surface area contributed by atoms with Crippen molar-refractivity contribution in [2.75, 3.05) is 23.9 Å². The van der Waals surface area contributed by atoms with Crippen LogP contribution >= 0.6 is 11.6 Å². The molecule has 1 aliphatic rings. The second-order valence-corrected chi connectivity index (χ2v) is 8.19. The van der Waals surface area contributed by atoms with Gasteiger partial charge in [0.2, 0.25) is 5.91 Å². The number of benzene rings is 2. The zero-order chi connectivity index (χ0) is 17.9. The van der Waals surface area contributed by atoms with E-state index < -0.39 is 10.0 Å². The number of sulfonamides is 1. The highest BCUT2D eigenvalue weighted by Gasteiger charge is 2.29. The topological polar surface area (TPSA) is 57.7 Å². The van der Waals surface area contributed by atoms with Crippen molar-refractivity contribution < 1.29 is 13.2 Å². The highest BCUT2D eigenvalue weighted by Crippen LogP contribution is 2.25. The third-order valence-electron chi connectivity index (χ3n) is 4.18. The molecular formula is C18H19ClN2O3S. The van der Waals surface area contributed by atoms with E-state index in [4.69, 9.17) is 11.6 Å². The summed E-state index contributed by atoms with van der Waals surface area (Å²) < 4.78 is 27.3. The van der Waals surface area contributed by atoms with E-state index >= 15 is 0 Å². The Labute approximate surface area is 152 Å². The molecule has 0 radical (unpaired) electrons. The third-order valence-corrected chi connectivity index (χ3v) is 6.22. The lowest BCUT2D eigenvalue weighted by Gasteiger charge is -2.26. The molecule has 0 aromatic heterocycles. The SMILES string of the molecule is O=C(CN(c1ccc(Cl)cc1)S(=O)(=O)c1ccccc1)N1CCCC1. The van der Waals surface area contributed by atoms with E-state index in [1.165, 1.54) is 12.1 Å². The van der Waals surface area contributed by atoms with Gasteiger partial charge in [-0.05, 0) is 49.2 Å². The van der Waals surface area contributed by atoms with Gasteiger partial charge in [0, 0.05) is 18.1 Å². The molecule has 0 saturated carbocycles. The molecule has 5 nitrogen and oxygen atoms in total. The molecular weight excluding hydrogens is 360 g/mol. The van der Waals surface area contributed by atoms with Crippen molar-refractivity contribution in [3.63, 3.8) is 0 Å². The average molecular weight is 379 g/mol. The van der Waals surface area contributed by atoms with E-state index in [0.717, 1.165) is 17.1 Å². The summed E-state index contributed by atoms with van der Waals surface area (Å²) >= 11 is 5.91. The lowest BCUT2D eigenvalue weighted by Crippen LogP contribution is -2.42. The fourth-order valence-electron chi connectivity index (χ4n) is 2.83. The summed E-state index contributed by atoms with van der Waals surface area (Å²) in [6, 6.07) is 14.6. The van der Waals surface area contributed by atoms with Crippen LogP contribution in [0, 0.1) is 0 Å².